The van der Waals surface area contributed by atoms with E-state index in [1.807, 2.05) is 0 Å². The van der Waals surface area contributed by atoms with Crippen LogP contribution < -0.4 is 5.32 Å². The van der Waals surface area contributed by atoms with Crippen molar-refractivity contribution in [2.24, 2.45) is 0 Å². The summed E-state index contributed by atoms with van der Waals surface area (Å²) in [6.45, 7) is 2.47. The number of imide groups is 2. The highest BCUT2D eigenvalue weighted by molar-refractivity contribution is 6.24. The van der Waals surface area contributed by atoms with Gasteiger partial charge in [0.1, 0.15) is 6.04 Å². The van der Waals surface area contributed by atoms with Gasteiger partial charge in [-0.1, -0.05) is 48.5 Å². The van der Waals surface area contributed by atoms with Gasteiger partial charge in [0, 0.05) is 38.2 Å². The Hall–Kier alpha value is -4.63. The maximum Gasteiger partial charge on any atom is 0.262 e. The van der Waals surface area contributed by atoms with Crippen LogP contribution in [0.1, 0.15) is 61.1 Å². The second-order valence-corrected chi connectivity index (χ2v) is 10.6. The van der Waals surface area contributed by atoms with Crippen molar-refractivity contribution < 1.29 is 24.0 Å². The highest BCUT2D eigenvalue weighted by atomic mass is 16.2. The van der Waals surface area contributed by atoms with E-state index in [9.17, 15) is 24.0 Å². The number of carbonyl (C=O) groups excluding carboxylic acids is 5. The van der Waals surface area contributed by atoms with Crippen LogP contribution in [0.4, 0.5) is 0 Å². The summed E-state index contributed by atoms with van der Waals surface area (Å²) < 4.78 is 0. The molecule has 0 aromatic heterocycles. The van der Waals surface area contributed by atoms with E-state index in [2.05, 4.69) is 58.7 Å². The van der Waals surface area contributed by atoms with Crippen LogP contribution in [0.15, 0.2) is 66.7 Å². The maximum atomic E-state index is 13.5. The van der Waals surface area contributed by atoms with E-state index in [0.717, 1.165) is 4.90 Å². The van der Waals surface area contributed by atoms with Gasteiger partial charge in [-0.05, 0) is 46.9 Å². The minimum Gasteiger partial charge on any atom is -0.336 e. The summed E-state index contributed by atoms with van der Waals surface area (Å²) in [4.78, 5) is 68.6. The molecule has 3 aromatic rings. The van der Waals surface area contributed by atoms with Gasteiger partial charge in [-0.3, -0.25) is 39.1 Å². The molecule has 1 atom stereocenters. The lowest BCUT2D eigenvalue weighted by Gasteiger charge is -2.38. The van der Waals surface area contributed by atoms with Crippen LogP contribution in [0.25, 0.3) is 11.1 Å². The monoisotopic (exact) mass is 534 g/mol. The molecule has 1 unspecified atom stereocenters. The number of amides is 5. The molecule has 0 saturated carbocycles. The van der Waals surface area contributed by atoms with Gasteiger partial charge in [-0.15, -0.1) is 0 Å². The first-order chi connectivity index (χ1) is 19.4. The molecule has 200 valence electrons. The molecule has 0 radical (unpaired) electrons. The largest absolute Gasteiger partial charge is 0.336 e. The van der Waals surface area contributed by atoms with Crippen molar-refractivity contribution in [2.75, 3.05) is 26.2 Å². The second-order valence-electron chi connectivity index (χ2n) is 10.6. The summed E-state index contributed by atoms with van der Waals surface area (Å²) in [5.74, 6) is -2.49. The van der Waals surface area contributed by atoms with E-state index in [0.29, 0.717) is 31.7 Å². The van der Waals surface area contributed by atoms with Crippen molar-refractivity contribution in [3.05, 3.63) is 94.5 Å². The van der Waals surface area contributed by atoms with Crippen LogP contribution in [0.2, 0.25) is 0 Å². The molecule has 40 heavy (non-hydrogen) atoms. The lowest BCUT2D eigenvalue weighted by Crippen LogP contribution is -2.54. The Morgan fingerprint density at radius 1 is 0.725 bits per heavy atom. The normalized spacial score (nSPS) is 20.9. The van der Waals surface area contributed by atoms with Crippen LogP contribution in [0.3, 0.4) is 0 Å². The van der Waals surface area contributed by atoms with Crippen LogP contribution in [-0.2, 0) is 9.59 Å². The molecule has 0 bridgehead atoms. The maximum absolute atomic E-state index is 13.5. The van der Waals surface area contributed by atoms with Gasteiger partial charge >= 0.3 is 0 Å². The predicted octanol–water partition coefficient (Wildman–Crippen LogP) is 2.62. The van der Waals surface area contributed by atoms with Gasteiger partial charge in [-0.25, -0.2) is 0 Å². The minimum atomic E-state index is -1.04. The van der Waals surface area contributed by atoms with Gasteiger partial charge in [0.25, 0.3) is 17.7 Å². The van der Waals surface area contributed by atoms with Crippen molar-refractivity contribution in [2.45, 2.75) is 24.9 Å². The number of carbonyl (C=O) groups is 5. The van der Waals surface area contributed by atoms with Gasteiger partial charge in [0.2, 0.25) is 11.8 Å². The summed E-state index contributed by atoms with van der Waals surface area (Å²) in [5.41, 5.74) is 5.68. The number of rotatable bonds is 3. The fourth-order valence-electron chi connectivity index (χ4n) is 6.49. The zero-order chi connectivity index (χ0) is 27.5. The number of hydrogen-bond donors (Lipinski definition) is 1. The van der Waals surface area contributed by atoms with Gasteiger partial charge in [-0.2, -0.15) is 0 Å². The van der Waals surface area contributed by atoms with Crippen molar-refractivity contribution >= 4 is 29.5 Å². The predicted molar refractivity (Wildman–Crippen MR) is 144 cm³/mol. The van der Waals surface area contributed by atoms with E-state index in [-0.39, 0.29) is 35.9 Å². The van der Waals surface area contributed by atoms with Gasteiger partial charge in [0.05, 0.1) is 17.2 Å². The van der Waals surface area contributed by atoms with E-state index >= 15 is 0 Å². The average Bonchev–Trinajstić information content (AvgIpc) is 3.44. The Balaban J connectivity index is 1.07. The van der Waals surface area contributed by atoms with Gasteiger partial charge in [0.15, 0.2) is 0 Å². The first-order valence-electron chi connectivity index (χ1n) is 13.5. The summed E-state index contributed by atoms with van der Waals surface area (Å²) in [6.07, 6.45) is 0.139. The van der Waals surface area contributed by atoms with E-state index in [4.69, 9.17) is 0 Å². The minimum absolute atomic E-state index is 0.0531. The zero-order valence-electron chi connectivity index (χ0n) is 21.6. The number of piperidine rings is 1. The third kappa shape index (κ3) is 3.69. The number of hydrogen-bond acceptors (Lipinski definition) is 6. The number of piperazine rings is 1. The Morgan fingerprint density at radius 3 is 2.00 bits per heavy atom. The first kappa shape index (κ1) is 24.4. The molecule has 9 heteroatoms. The number of nitrogens with one attached hydrogen (secondary N) is 1. The first-order valence-corrected chi connectivity index (χ1v) is 13.5. The summed E-state index contributed by atoms with van der Waals surface area (Å²) in [5, 5.41) is 2.19. The smallest absolute Gasteiger partial charge is 0.262 e. The molecule has 1 N–H and O–H groups in total. The molecule has 3 aromatic carbocycles. The van der Waals surface area contributed by atoms with Crippen molar-refractivity contribution in [3.8, 4) is 11.1 Å². The lowest BCUT2D eigenvalue weighted by molar-refractivity contribution is -0.136. The second kappa shape index (κ2) is 9.24. The Labute approximate surface area is 230 Å². The van der Waals surface area contributed by atoms with Crippen molar-refractivity contribution in [3.63, 3.8) is 0 Å². The fourth-order valence-corrected chi connectivity index (χ4v) is 6.49. The Morgan fingerprint density at radius 2 is 1.35 bits per heavy atom. The van der Waals surface area contributed by atoms with E-state index < -0.39 is 29.7 Å². The molecular weight excluding hydrogens is 508 g/mol. The summed E-state index contributed by atoms with van der Waals surface area (Å²) in [7, 11) is 0. The highest BCUT2D eigenvalue weighted by Crippen LogP contribution is 2.46. The third-order valence-corrected chi connectivity index (χ3v) is 8.45. The number of nitrogens with zero attached hydrogens (tertiary/aromatic N) is 3. The average molecular weight is 535 g/mol. The molecule has 1 aliphatic carbocycles. The molecular formula is C31H26N4O5. The Bertz CT molecular complexity index is 1580. The van der Waals surface area contributed by atoms with Crippen molar-refractivity contribution in [1.29, 1.82) is 0 Å². The fraction of sp³-hybridized carbons (Fsp3) is 0.258. The van der Waals surface area contributed by atoms with Crippen LogP contribution >= 0.6 is 0 Å². The van der Waals surface area contributed by atoms with Gasteiger partial charge < -0.3 is 4.90 Å². The van der Waals surface area contributed by atoms with Crippen molar-refractivity contribution in [1.82, 2.24) is 20.0 Å². The lowest BCUT2D eigenvalue weighted by atomic mass is 10.0. The van der Waals surface area contributed by atoms with E-state index in [1.165, 1.54) is 34.4 Å². The quantitative estimate of drug-likeness (QED) is 0.518. The molecule has 3 heterocycles. The SMILES string of the molecule is O=C1CCC(N2C(=O)c3ccc(C(=O)N4CCN(C5c6ccccc6-c6ccccc65)CC4)cc3C2=O)C(=O)N1. The highest BCUT2D eigenvalue weighted by Gasteiger charge is 2.45. The Kier molecular flexibility index (Phi) is 5.64. The molecule has 0 spiro atoms. The number of fused-ring (bicyclic) bond motifs is 4. The van der Waals surface area contributed by atoms with Crippen LogP contribution in [-0.4, -0.2) is 76.5 Å². The zero-order valence-corrected chi connectivity index (χ0v) is 21.6. The van der Waals surface area contributed by atoms with Crippen LogP contribution in [0, 0.1) is 0 Å². The number of benzene rings is 3. The van der Waals surface area contributed by atoms with E-state index in [1.54, 1.807) is 11.0 Å². The third-order valence-electron chi connectivity index (χ3n) is 8.45. The van der Waals surface area contributed by atoms with Crippen LogP contribution in [0.5, 0.6) is 0 Å². The molecule has 5 amide bonds. The molecule has 3 aliphatic heterocycles. The molecule has 2 saturated heterocycles. The molecule has 2 fully saturated rings. The topological polar surface area (TPSA) is 107 Å². The summed E-state index contributed by atoms with van der Waals surface area (Å²) >= 11 is 0. The molecule has 9 nitrogen and oxygen atoms in total. The molecule has 4 aliphatic rings. The summed E-state index contributed by atoms with van der Waals surface area (Å²) in [6, 6.07) is 20.6. The molecule has 7 rings (SSSR count). The standard InChI is InChI=1S/C31H26N4O5/c36-26-12-11-25(28(37)32-26)35-30(39)23-10-9-18(17-24(23)31(35)40)29(38)34-15-13-33(14-16-34)27-21-7-3-1-5-19(21)20-6-2-4-8-22(20)27/h1-10,17,25,27H,11-16H2,(H,32,36,37).